The maximum atomic E-state index is 11.3. The summed E-state index contributed by atoms with van der Waals surface area (Å²) in [5, 5.41) is 24.5. The largest absolute Gasteiger partial charge is 0.444 e. The first-order chi connectivity index (χ1) is 13.8. The first-order valence-electron chi connectivity index (χ1n) is 11.1. The number of aliphatic hydroxyl groups excluding tert-OH is 2. The molecule has 4 N–H and O–H groups in total. The number of carbonyl (C=O) groups is 2. The number of hydrogen-bond acceptors (Lipinski definition) is 6. The third kappa shape index (κ3) is 11.6. The molecular formula is C22H42N2O6. The van der Waals surface area contributed by atoms with Gasteiger partial charge in [-0.25, -0.2) is 9.59 Å². The molecule has 0 aliphatic heterocycles. The second-order valence-electron chi connectivity index (χ2n) is 10.3. The van der Waals surface area contributed by atoms with Gasteiger partial charge in [-0.15, -0.1) is 0 Å². The molecule has 0 bridgehead atoms. The Hall–Kier alpha value is -1.54. The molecule has 8 heteroatoms. The topological polar surface area (TPSA) is 117 Å². The smallest absolute Gasteiger partial charge is 0.407 e. The molecule has 0 spiro atoms. The summed E-state index contributed by atoms with van der Waals surface area (Å²) in [6, 6.07) is 0. The van der Waals surface area contributed by atoms with Gasteiger partial charge in [-0.1, -0.05) is 12.8 Å². The molecule has 2 amide bonds. The van der Waals surface area contributed by atoms with Crippen LogP contribution in [0.3, 0.4) is 0 Å². The average Bonchev–Trinajstić information content (AvgIpc) is 3.16. The van der Waals surface area contributed by atoms with E-state index in [9.17, 15) is 19.8 Å². The predicted molar refractivity (Wildman–Crippen MR) is 115 cm³/mol. The Balaban J connectivity index is 0.000000300. The fourth-order valence-corrected chi connectivity index (χ4v) is 3.57. The lowest BCUT2D eigenvalue weighted by atomic mass is 10.1. The molecule has 8 nitrogen and oxygen atoms in total. The van der Waals surface area contributed by atoms with Gasteiger partial charge in [-0.3, -0.25) is 0 Å². The summed E-state index contributed by atoms with van der Waals surface area (Å²) in [6.45, 7) is 12.0. The van der Waals surface area contributed by atoms with E-state index in [-0.39, 0.29) is 24.0 Å². The molecule has 0 aromatic rings. The number of ether oxygens (including phenoxy) is 2. The molecule has 0 unspecified atom stereocenters. The predicted octanol–water partition coefficient (Wildman–Crippen LogP) is 3.34. The maximum Gasteiger partial charge on any atom is 0.407 e. The van der Waals surface area contributed by atoms with Crippen molar-refractivity contribution in [1.82, 2.24) is 10.6 Å². The van der Waals surface area contributed by atoms with Crippen molar-refractivity contribution in [3.8, 4) is 0 Å². The van der Waals surface area contributed by atoms with Gasteiger partial charge < -0.3 is 30.3 Å². The highest BCUT2D eigenvalue weighted by molar-refractivity contribution is 5.68. The zero-order chi connectivity index (χ0) is 22.9. The standard InChI is InChI=1S/2C11H21NO3/c2*1-11(2,3)15-10(14)12-7-8-5-4-6-9(8)13/h2*8-9,13H,4-7H2,1-3H3,(H,12,14)/t2*8-,9-/m10/s1. The van der Waals surface area contributed by atoms with Gasteiger partial charge >= 0.3 is 12.2 Å². The van der Waals surface area contributed by atoms with Crippen LogP contribution in [-0.4, -0.2) is 58.9 Å². The molecule has 2 aliphatic rings. The van der Waals surface area contributed by atoms with E-state index < -0.39 is 23.4 Å². The van der Waals surface area contributed by atoms with Gasteiger partial charge in [0.25, 0.3) is 0 Å². The Labute approximate surface area is 181 Å². The summed E-state index contributed by atoms with van der Waals surface area (Å²) in [5.74, 6) is 0.384. The third-order valence-electron chi connectivity index (χ3n) is 5.05. The van der Waals surface area contributed by atoms with E-state index in [0.29, 0.717) is 13.1 Å². The highest BCUT2D eigenvalue weighted by atomic mass is 16.6. The van der Waals surface area contributed by atoms with Crippen LogP contribution in [0.25, 0.3) is 0 Å². The summed E-state index contributed by atoms with van der Waals surface area (Å²) in [7, 11) is 0. The minimum Gasteiger partial charge on any atom is -0.444 e. The van der Waals surface area contributed by atoms with Crippen LogP contribution in [0.1, 0.15) is 80.1 Å². The summed E-state index contributed by atoms with van der Waals surface area (Å²) >= 11 is 0. The number of aliphatic hydroxyl groups is 2. The fraction of sp³-hybridized carbons (Fsp3) is 0.909. The lowest BCUT2D eigenvalue weighted by molar-refractivity contribution is 0.0487. The van der Waals surface area contributed by atoms with E-state index >= 15 is 0 Å². The molecule has 30 heavy (non-hydrogen) atoms. The summed E-state index contributed by atoms with van der Waals surface area (Å²) in [5.41, 5.74) is -0.920. The van der Waals surface area contributed by atoms with E-state index in [1.54, 1.807) is 0 Å². The SMILES string of the molecule is CC(C)(C)OC(=O)NC[C@@H]1CCC[C@@H]1O.CC(C)(C)OC(=O)NC[C@H]1CCC[C@H]1O. The van der Waals surface area contributed by atoms with E-state index in [4.69, 9.17) is 9.47 Å². The van der Waals surface area contributed by atoms with E-state index in [2.05, 4.69) is 10.6 Å². The minimum atomic E-state index is -0.460. The molecular weight excluding hydrogens is 388 g/mol. The van der Waals surface area contributed by atoms with Crippen molar-refractivity contribution in [2.75, 3.05) is 13.1 Å². The number of carbonyl (C=O) groups excluding carboxylic acids is 2. The van der Waals surface area contributed by atoms with Crippen molar-refractivity contribution in [2.24, 2.45) is 11.8 Å². The Kier molecular flexibility index (Phi) is 10.4. The molecule has 0 saturated heterocycles. The van der Waals surface area contributed by atoms with Crippen molar-refractivity contribution < 1.29 is 29.3 Å². The second-order valence-corrected chi connectivity index (χ2v) is 10.3. The molecule has 0 heterocycles. The number of amides is 2. The van der Waals surface area contributed by atoms with Crippen LogP contribution >= 0.6 is 0 Å². The van der Waals surface area contributed by atoms with Crippen LogP contribution in [0.5, 0.6) is 0 Å². The van der Waals surface area contributed by atoms with Gasteiger partial charge in [0.15, 0.2) is 0 Å². The van der Waals surface area contributed by atoms with Crippen LogP contribution in [-0.2, 0) is 9.47 Å². The first kappa shape index (κ1) is 26.5. The molecule has 2 fully saturated rings. The van der Waals surface area contributed by atoms with Gasteiger partial charge in [0.2, 0.25) is 0 Å². The van der Waals surface area contributed by atoms with E-state index in [0.717, 1.165) is 38.5 Å². The molecule has 2 rings (SSSR count). The number of rotatable bonds is 4. The summed E-state index contributed by atoms with van der Waals surface area (Å²) in [4.78, 5) is 22.6. The van der Waals surface area contributed by atoms with E-state index in [1.807, 2.05) is 41.5 Å². The number of alkyl carbamates (subject to hydrolysis) is 2. The lowest BCUT2D eigenvalue weighted by Crippen LogP contribution is -2.36. The molecule has 2 saturated carbocycles. The average molecular weight is 431 g/mol. The Morgan fingerprint density at radius 2 is 1.07 bits per heavy atom. The van der Waals surface area contributed by atoms with Gasteiger partial charge in [0, 0.05) is 24.9 Å². The van der Waals surface area contributed by atoms with Crippen molar-refractivity contribution in [3.63, 3.8) is 0 Å². The summed E-state index contributed by atoms with van der Waals surface area (Å²) < 4.78 is 10.2. The van der Waals surface area contributed by atoms with E-state index in [1.165, 1.54) is 0 Å². The molecule has 0 aromatic carbocycles. The van der Waals surface area contributed by atoms with Gasteiger partial charge in [0.1, 0.15) is 11.2 Å². The Morgan fingerprint density at radius 3 is 1.30 bits per heavy atom. The fourth-order valence-electron chi connectivity index (χ4n) is 3.57. The monoisotopic (exact) mass is 430 g/mol. The van der Waals surface area contributed by atoms with Crippen LogP contribution < -0.4 is 10.6 Å². The third-order valence-corrected chi connectivity index (χ3v) is 5.05. The first-order valence-corrected chi connectivity index (χ1v) is 11.1. The Morgan fingerprint density at radius 1 is 0.733 bits per heavy atom. The van der Waals surface area contributed by atoms with Crippen LogP contribution in [0.4, 0.5) is 9.59 Å². The second kappa shape index (κ2) is 11.7. The maximum absolute atomic E-state index is 11.3. The molecule has 4 atom stereocenters. The van der Waals surface area contributed by atoms with Gasteiger partial charge in [-0.05, 0) is 67.2 Å². The van der Waals surface area contributed by atoms with Crippen LogP contribution in [0.15, 0.2) is 0 Å². The molecule has 176 valence electrons. The van der Waals surface area contributed by atoms with Crippen molar-refractivity contribution in [1.29, 1.82) is 0 Å². The van der Waals surface area contributed by atoms with Crippen molar-refractivity contribution in [2.45, 2.75) is 103 Å². The quantitative estimate of drug-likeness (QED) is 0.543. The highest BCUT2D eigenvalue weighted by Crippen LogP contribution is 2.25. The normalized spacial score (nSPS) is 26.4. The Bertz CT molecular complexity index is 493. The van der Waals surface area contributed by atoms with Crippen LogP contribution in [0, 0.1) is 11.8 Å². The molecule has 2 aliphatic carbocycles. The van der Waals surface area contributed by atoms with Gasteiger partial charge in [-0.2, -0.15) is 0 Å². The molecule has 0 aromatic heterocycles. The molecule has 0 radical (unpaired) electrons. The lowest BCUT2D eigenvalue weighted by Gasteiger charge is -2.21. The van der Waals surface area contributed by atoms with Gasteiger partial charge in [0.05, 0.1) is 12.2 Å². The van der Waals surface area contributed by atoms with Crippen molar-refractivity contribution >= 4 is 12.2 Å². The number of hydrogen-bond donors (Lipinski definition) is 4. The van der Waals surface area contributed by atoms with Crippen LogP contribution in [0.2, 0.25) is 0 Å². The zero-order valence-corrected chi connectivity index (χ0v) is 19.5. The summed E-state index contributed by atoms with van der Waals surface area (Å²) in [6.07, 6.45) is 4.42. The highest BCUT2D eigenvalue weighted by Gasteiger charge is 2.27. The zero-order valence-electron chi connectivity index (χ0n) is 19.5. The van der Waals surface area contributed by atoms with Crippen molar-refractivity contribution in [3.05, 3.63) is 0 Å². The number of nitrogens with one attached hydrogen (secondary N) is 2. The minimum absolute atomic E-state index is 0.192.